The van der Waals surface area contributed by atoms with E-state index >= 15 is 0 Å². The number of benzene rings is 1. The van der Waals surface area contributed by atoms with Gasteiger partial charge in [0, 0.05) is 54.4 Å². The Balaban J connectivity index is 1.36. The van der Waals surface area contributed by atoms with Gasteiger partial charge in [-0.3, -0.25) is 14.6 Å². The normalized spacial score (nSPS) is 14.4. The highest BCUT2D eigenvalue weighted by Crippen LogP contribution is 2.21. The van der Waals surface area contributed by atoms with Crippen molar-refractivity contribution in [3.05, 3.63) is 78.2 Å². The van der Waals surface area contributed by atoms with Crippen molar-refractivity contribution >= 4 is 18.0 Å². The Hall–Kier alpha value is -3.54. The van der Waals surface area contributed by atoms with E-state index in [4.69, 9.17) is 0 Å². The quantitative estimate of drug-likeness (QED) is 0.681. The van der Waals surface area contributed by atoms with E-state index in [0.29, 0.717) is 11.1 Å². The topological polar surface area (TPSA) is 75.2 Å². The molecule has 1 aliphatic rings. The van der Waals surface area contributed by atoms with Crippen molar-refractivity contribution in [3.63, 3.8) is 0 Å². The van der Waals surface area contributed by atoms with Crippen LogP contribution in [0.1, 0.15) is 33.6 Å². The van der Waals surface area contributed by atoms with Crippen molar-refractivity contribution in [2.75, 3.05) is 18.0 Å². The van der Waals surface area contributed by atoms with Crippen LogP contribution in [0, 0.1) is 0 Å². The molecule has 4 rings (SSSR count). The predicted molar refractivity (Wildman–Crippen MR) is 112 cm³/mol. The smallest absolute Gasteiger partial charge is 0.251 e. The number of hydrogen-bond acceptors (Lipinski definition) is 5. The lowest BCUT2D eigenvalue weighted by atomic mass is 10.0. The third-order valence-corrected chi connectivity index (χ3v) is 5.18. The Morgan fingerprint density at radius 2 is 1.86 bits per heavy atom. The van der Waals surface area contributed by atoms with E-state index in [1.165, 1.54) is 0 Å². The van der Waals surface area contributed by atoms with Crippen LogP contribution in [0.3, 0.4) is 0 Å². The Kier molecular flexibility index (Phi) is 5.61. The van der Waals surface area contributed by atoms with Crippen molar-refractivity contribution in [1.82, 2.24) is 15.3 Å². The molecular formula is C23H22N4O2. The molecule has 1 aromatic carbocycles. The largest absolute Gasteiger partial charge is 0.356 e. The van der Waals surface area contributed by atoms with Gasteiger partial charge in [-0.1, -0.05) is 18.2 Å². The molecule has 1 N–H and O–H groups in total. The third kappa shape index (κ3) is 4.48. The molecular weight excluding hydrogens is 364 g/mol. The van der Waals surface area contributed by atoms with Crippen molar-refractivity contribution in [2.45, 2.75) is 18.9 Å². The fraction of sp³-hybridized carbons (Fsp3) is 0.217. The van der Waals surface area contributed by atoms with Crippen molar-refractivity contribution in [1.29, 1.82) is 0 Å². The van der Waals surface area contributed by atoms with E-state index in [0.717, 1.165) is 49.2 Å². The first kappa shape index (κ1) is 18.8. The molecule has 2 aromatic heterocycles. The van der Waals surface area contributed by atoms with Gasteiger partial charge in [0.25, 0.3) is 5.91 Å². The lowest BCUT2D eigenvalue weighted by molar-refractivity contribution is 0.0931. The zero-order valence-electron chi connectivity index (χ0n) is 16.0. The van der Waals surface area contributed by atoms with E-state index < -0.39 is 0 Å². The van der Waals surface area contributed by atoms with Crippen LogP contribution in [0.2, 0.25) is 0 Å². The minimum atomic E-state index is -0.0531. The maximum Gasteiger partial charge on any atom is 0.251 e. The summed E-state index contributed by atoms with van der Waals surface area (Å²) in [5.74, 6) is 0.812. The number of anilines is 1. The second-order valence-corrected chi connectivity index (χ2v) is 7.12. The monoisotopic (exact) mass is 386 g/mol. The van der Waals surface area contributed by atoms with Gasteiger partial charge in [-0.25, -0.2) is 4.98 Å². The van der Waals surface area contributed by atoms with Gasteiger partial charge in [0.1, 0.15) is 5.82 Å². The first-order valence-electron chi connectivity index (χ1n) is 9.70. The molecule has 0 bridgehead atoms. The Morgan fingerprint density at radius 1 is 1.03 bits per heavy atom. The number of rotatable bonds is 5. The molecule has 0 unspecified atom stereocenters. The lowest BCUT2D eigenvalue weighted by Crippen LogP contribution is -2.45. The molecule has 1 saturated heterocycles. The zero-order valence-corrected chi connectivity index (χ0v) is 16.0. The van der Waals surface area contributed by atoms with Crippen LogP contribution in [0.4, 0.5) is 5.82 Å². The average Bonchev–Trinajstić information content (AvgIpc) is 2.80. The number of aromatic nitrogens is 2. The number of carbonyl (C=O) groups excluding carboxylic acids is 2. The van der Waals surface area contributed by atoms with Crippen LogP contribution >= 0.6 is 0 Å². The van der Waals surface area contributed by atoms with E-state index in [-0.39, 0.29) is 11.9 Å². The molecule has 0 atom stereocenters. The summed E-state index contributed by atoms with van der Waals surface area (Å²) in [7, 11) is 0. The summed E-state index contributed by atoms with van der Waals surface area (Å²) in [5.41, 5.74) is 3.19. The van der Waals surface area contributed by atoms with Gasteiger partial charge >= 0.3 is 0 Å². The van der Waals surface area contributed by atoms with Gasteiger partial charge in [-0.2, -0.15) is 0 Å². The number of carbonyl (C=O) groups is 2. The Bertz CT molecular complexity index is 981. The first-order chi connectivity index (χ1) is 14.2. The van der Waals surface area contributed by atoms with Gasteiger partial charge in [-0.05, 0) is 48.7 Å². The van der Waals surface area contributed by atoms with Crippen molar-refractivity contribution in [3.8, 4) is 11.1 Å². The molecule has 0 aliphatic carbocycles. The lowest BCUT2D eigenvalue weighted by Gasteiger charge is -2.33. The van der Waals surface area contributed by atoms with E-state index in [2.05, 4.69) is 20.2 Å². The second-order valence-electron chi connectivity index (χ2n) is 7.12. The summed E-state index contributed by atoms with van der Waals surface area (Å²) >= 11 is 0. The summed E-state index contributed by atoms with van der Waals surface area (Å²) in [6.07, 6.45) is 7.62. The molecule has 1 aliphatic heterocycles. The van der Waals surface area contributed by atoms with Crippen LogP contribution in [0.25, 0.3) is 11.1 Å². The van der Waals surface area contributed by atoms with Crippen LogP contribution in [0.15, 0.2) is 67.1 Å². The van der Waals surface area contributed by atoms with E-state index in [1.807, 2.05) is 42.5 Å². The molecule has 0 saturated carbocycles. The highest BCUT2D eigenvalue weighted by atomic mass is 16.1. The van der Waals surface area contributed by atoms with Gasteiger partial charge in [0.05, 0.1) is 0 Å². The molecule has 6 nitrogen and oxygen atoms in total. The first-order valence-corrected chi connectivity index (χ1v) is 9.70. The summed E-state index contributed by atoms with van der Waals surface area (Å²) < 4.78 is 0. The highest BCUT2D eigenvalue weighted by Gasteiger charge is 2.22. The molecule has 3 heterocycles. The summed E-state index contributed by atoms with van der Waals surface area (Å²) in [4.78, 5) is 34.2. The number of piperidine rings is 1. The minimum absolute atomic E-state index is 0.0531. The SMILES string of the molecule is O=Cc1ccc(N2CCC(NC(=O)c3cccc(-c4cccnc4)c3)CC2)nc1. The molecule has 29 heavy (non-hydrogen) atoms. The Morgan fingerprint density at radius 3 is 2.55 bits per heavy atom. The molecule has 1 fully saturated rings. The van der Waals surface area contributed by atoms with Gasteiger partial charge < -0.3 is 10.2 Å². The van der Waals surface area contributed by atoms with Crippen LogP contribution < -0.4 is 10.2 Å². The fourth-order valence-corrected chi connectivity index (χ4v) is 3.55. The number of nitrogens with zero attached hydrogens (tertiary/aromatic N) is 3. The summed E-state index contributed by atoms with van der Waals surface area (Å²) in [6.45, 7) is 1.63. The van der Waals surface area contributed by atoms with Crippen LogP contribution in [-0.2, 0) is 0 Å². The number of hydrogen-bond donors (Lipinski definition) is 1. The number of amides is 1. The standard InChI is InChI=1S/C23H22N4O2/c28-16-17-6-7-22(25-14-17)27-11-8-21(9-12-27)26-23(29)19-4-1-3-18(13-19)20-5-2-10-24-15-20/h1-7,10,13-16,21H,8-9,11-12H2,(H,26,29). The predicted octanol–water partition coefficient (Wildman–Crippen LogP) is 3.35. The molecule has 146 valence electrons. The third-order valence-electron chi connectivity index (χ3n) is 5.18. The second kappa shape index (κ2) is 8.65. The van der Waals surface area contributed by atoms with E-state index in [1.54, 1.807) is 24.7 Å². The fourth-order valence-electron chi connectivity index (χ4n) is 3.55. The molecule has 0 radical (unpaired) electrons. The molecule has 6 heteroatoms. The number of aldehydes is 1. The van der Waals surface area contributed by atoms with Crippen LogP contribution in [0.5, 0.6) is 0 Å². The number of nitrogens with one attached hydrogen (secondary N) is 1. The Labute approximate surface area is 169 Å². The average molecular weight is 386 g/mol. The van der Waals surface area contributed by atoms with Crippen molar-refractivity contribution in [2.24, 2.45) is 0 Å². The van der Waals surface area contributed by atoms with Crippen molar-refractivity contribution < 1.29 is 9.59 Å². The molecule has 1 amide bonds. The zero-order chi connectivity index (χ0) is 20.1. The molecule has 3 aromatic rings. The summed E-state index contributed by atoms with van der Waals surface area (Å²) in [6, 6.07) is 15.3. The van der Waals surface area contributed by atoms with E-state index in [9.17, 15) is 9.59 Å². The summed E-state index contributed by atoms with van der Waals surface area (Å²) in [5, 5.41) is 3.16. The number of pyridine rings is 2. The molecule has 0 spiro atoms. The minimum Gasteiger partial charge on any atom is -0.356 e. The van der Waals surface area contributed by atoms with Gasteiger partial charge in [0.2, 0.25) is 0 Å². The van der Waals surface area contributed by atoms with Gasteiger partial charge in [0.15, 0.2) is 6.29 Å². The van der Waals surface area contributed by atoms with Crippen LogP contribution in [-0.4, -0.2) is 41.3 Å². The maximum absolute atomic E-state index is 12.7. The van der Waals surface area contributed by atoms with Gasteiger partial charge in [-0.15, -0.1) is 0 Å². The maximum atomic E-state index is 12.7. The highest BCUT2D eigenvalue weighted by molar-refractivity contribution is 5.95.